The van der Waals surface area contributed by atoms with Crippen molar-refractivity contribution in [1.82, 2.24) is 15.0 Å². The zero-order valence-electron chi connectivity index (χ0n) is 20.0. The molecule has 3 aromatic rings. The van der Waals surface area contributed by atoms with Crippen LogP contribution < -0.4 is 9.64 Å². The van der Waals surface area contributed by atoms with Gasteiger partial charge in [0.15, 0.2) is 0 Å². The highest BCUT2D eigenvalue weighted by molar-refractivity contribution is 5.76. The lowest BCUT2D eigenvalue weighted by atomic mass is 9.97. The third-order valence-corrected chi connectivity index (χ3v) is 6.68. The van der Waals surface area contributed by atoms with Gasteiger partial charge in [-0.1, -0.05) is 32.0 Å². The molecule has 0 bridgehead atoms. The minimum atomic E-state index is -0.874. The Hall–Kier alpha value is -3.48. The maximum atomic E-state index is 11.3. The first-order valence-electron chi connectivity index (χ1n) is 12.0. The van der Waals surface area contributed by atoms with Gasteiger partial charge in [-0.15, -0.1) is 0 Å². The van der Waals surface area contributed by atoms with E-state index in [2.05, 4.69) is 51.9 Å². The van der Waals surface area contributed by atoms with E-state index in [1.54, 1.807) is 31.7 Å². The Bertz CT molecular complexity index is 1110. The van der Waals surface area contributed by atoms with E-state index in [-0.39, 0.29) is 6.10 Å². The molecule has 3 heterocycles. The van der Waals surface area contributed by atoms with Crippen molar-refractivity contribution in [3.8, 4) is 16.9 Å². The van der Waals surface area contributed by atoms with Crippen molar-refractivity contribution in [1.29, 1.82) is 0 Å². The van der Waals surface area contributed by atoms with Crippen molar-refractivity contribution in [2.24, 2.45) is 0 Å². The van der Waals surface area contributed by atoms with Crippen molar-refractivity contribution in [2.75, 3.05) is 18.0 Å². The van der Waals surface area contributed by atoms with Crippen molar-refractivity contribution < 1.29 is 14.6 Å². The molecule has 0 saturated carbocycles. The van der Waals surface area contributed by atoms with Crippen molar-refractivity contribution in [3.05, 3.63) is 66.2 Å². The quantitative estimate of drug-likeness (QED) is 0.489. The number of carbonyl (C=O) groups is 1. The summed E-state index contributed by atoms with van der Waals surface area (Å²) in [7, 11) is 0. The van der Waals surface area contributed by atoms with Crippen LogP contribution in [-0.2, 0) is 4.79 Å². The van der Waals surface area contributed by atoms with Crippen molar-refractivity contribution in [3.63, 3.8) is 0 Å². The molecule has 1 fully saturated rings. The fourth-order valence-corrected chi connectivity index (χ4v) is 4.20. The third-order valence-electron chi connectivity index (χ3n) is 6.68. The average molecular weight is 461 g/mol. The van der Waals surface area contributed by atoms with Gasteiger partial charge in [-0.05, 0) is 42.5 Å². The van der Waals surface area contributed by atoms with Crippen LogP contribution in [0, 0.1) is 0 Å². The van der Waals surface area contributed by atoms with Gasteiger partial charge in [0.1, 0.15) is 11.9 Å². The molecule has 1 N–H and O–H groups in total. The number of pyridine rings is 1. The predicted molar refractivity (Wildman–Crippen MR) is 132 cm³/mol. The molecule has 4 rings (SSSR count). The summed E-state index contributed by atoms with van der Waals surface area (Å²) < 4.78 is 6.40. The maximum absolute atomic E-state index is 11.3. The van der Waals surface area contributed by atoms with Crippen LogP contribution in [0.4, 0.5) is 5.95 Å². The second-order valence-electron chi connectivity index (χ2n) is 8.99. The summed E-state index contributed by atoms with van der Waals surface area (Å²) in [4.78, 5) is 26.8. The highest BCUT2D eigenvalue weighted by atomic mass is 16.5. The van der Waals surface area contributed by atoms with E-state index in [1.165, 1.54) is 5.56 Å². The number of hydrogen-bond donors (Lipinski definition) is 1. The number of aromatic nitrogens is 3. The number of para-hydroxylation sites is 1. The van der Waals surface area contributed by atoms with Crippen LogP contribution in [0.3, 0.4) is 0 Å². The molecule has 1 aromatic carbocycles. The first-order chi connectivity index (χ1) is 16.5. The summed E-state index contributed by atoms with van der Waals surface area (Å²) >= 11 is 0. The van der Waals surface area contributed by atoms with E-state index in [9.17, 15) is 9.90 Å². The minimum absolute atomic E-state index is 0.186. The number of ether oxygens (including phenoxy) is 1. The minimum Gasteiger partial charge on any atom is -0.490 e. The fraction of sp³-hybridized carbons (Fsp3) is 0.407. The number of carboxylic acids is 1. The topological polar surface area (TPSA) is 88.4 Å². The molecular formula is C27H32N4O3. The molecule has 2 aromatic heterocycles. The van der Waals surface area contributed by atoms with Gasteiger partial charge in [0.2, 0.25) is 5.95 Å². The maximum Gasteiger partial charge on any atom is 0.310 e. The highest BCUT2D eigenvalue weighted by Crippen LogP contribution is 2.31. The lowest BCUT2D eigenvalue weighted by Crippen LogP contribution is -2.39. The van der Waals surface area contributed by atoms with Gasteiger partial charge in [-0.25, -0.2) is 9.97 Å². The normalized spacial score (nSPS) is 16.1. The number of anilines is 1. The van der Waals surface area contributed by atoms with Crippen LogP contribution in [0.1, 0.15) is 63.0 Å². The van der Waals surface area contributed by atoms with Crippen molar-refractivity contribution in [2.45, 2.75) is 58.0 Å². The molecule has 2 unspecified atom stereocenters. The Balaban J connectivity index is 1.38. The Morgan fingerprint density at radius 1 is 1.09 bits per heavy atom. The number of nitrogens with zero attached hydrogens (tertiary/aromatic N) is 4. The molecule has 0 aliphatic carbocycles. The predicted octanol–water partition coefficient (Wildman–Crippen LogP) is 5.29. The third kappa shape index (κ3) is 5.35. The van der Waals surface area contributed by atoms with Gasteiger partial charge < -0.3 is 14.7 Å². The molecule has 1 aliphatic heterocycles. The molecule has 1 aliphatic rings. The van der Waals surface area contributed by atoms with E-state index < -0.39 is 11.9 Å². The summed E-state index contributed by atoms with van der Waals surface area (Å²) in [6.45, 7) is 7.77. The van der Waals surface area contributed by atoms with Gasteiger partial charge in [-0.3, -0.25) is 9.78 Å². The number of rotatable bonds is 8. The Kier molecular flexibility index (Phi) is 7.40. The highest BCUT2D eigenvalue weighted by Gasteiger charge is 2.23. The van der Waals surface area contributed by atoms with Crippen LogP contribution in [0.15, 0.2) is 55.1 Å². The molecule has 7 heteroatoms. The van der Waals surface area contributed by atoms with Crippen LogP contribution in [0.2, 0.25) is 0 Å². The summed E-state index contributed by atoms with van der Waals surface area (Å²) in [6, 6.07) is 10.2. The second-order valence-corrected chi connectivity index (χ2v) is 8.99. The van der Waals surface area contributed by atoms with Crippen LogP contribution in [0.5, 0.6) is 5.75 Å². The molecule has 1 saturated heterocycles. The molecule has 7 nitrogen and oxygen atoms in total. The van der Waals surface area contributed by atoms with E-state index >= 15 is 0 Å². The van der Waals surface area contributed by atoms with E-state index in [1.807, 2.05) is 12.1 Å². The van der Waals surface area contributed by atoms with Gasteiger partial charge >= 0.3 is 5.97 Å². The van der Waals surface area contributed by atoms with Gasteiger partial charge in [0, 0.05) is 61.8 Å². The molecule has 0 amide bonds. The zero-order chi connectivity index (χ0) is 24.1. The van der Waals surface area contributed by atoms with Gasteiger partial charge in [-0.2, -0.15) is 0 Å². The van der Waals surface area contributed by atoms with E-state index in [0.29, 0.717) is 17.4 Å². The van der Waals surface area contributed by atoms with Gasteiger partial charge in [0.05, 0.1) is 5.92 Å². The monoisotopic (exact) mass is 460 g/mol. The molecule has 0 radical (unpaired) electrons. The largest absolute Gasteiger partial charge is 0.490 e. The number of aliphatic carboxylic acids is 1. The standard InChI is InChI=1S/C27H32N4O3/c1-4-18(2)24-7-5-6-8-25(24)34-23-9-11-31(12-10-23)27-29-16-22(17-30-27)21-13-20(14-28-15-21)19(3)26(32)33/h5-8,13-19,23H,4,9-12H2,1-3H3,(H,32,33). The molecular weight excluding hydrogens is 428 g/mol. The molecule has 2 atom stereocenters. The van der Waals surface area contributed by atoms with Gasteiger partial charge in [0.25, 0.3) is 0 Å². The summed E-state index contributed by atoms with van der Waals surface area (Å²) in [5.74, 6) is 0.690. The summed E-state index contributed by atoms with van der Waals surface area (Å²) in [6.07, 6.45) is 9.95. The first-order valence-corrected chi connectivity index (χ1v) is 12.0. The Labute approximate surface area is 200 Å². The Morgan fingerprint density at radius 2 is 1.79 bits per heavy atom. The average Bonchev–Trinajstić information content (AvgIpc) is 2.88. The zero-order valence-corrected chi connectivity index (χ0v) is 20.0. The Morgan fingerprint density at radius 3 is 2.47 bits per heavy atom. The number of benzene rings is 1. The first kappa shape index (κ1) is 23.7. The lowest BCUT2D eigenvalue weighted by Gasteiger charge is -2.32. The number of carboxylic acid groups (broad SMARTS) is 1. The van der Waals surface area contributed by atoms with Crippen LogP contribution in [-0.4, -0.2) is 45.2 Å². The molecule has 34 heavy (non-hydrogen) atoms. The number of piperidine rings is 1. The summed E-state index contributed by atoms with van der Waals surface area (Å²) in [5, 5.41) is 9.26. The second kappa shape index (κ2) is 10.6. The van der Waals surface area contributed by atoms with Crippen LogP contribution in [0.25, 0.3) is 11.1 Å². The summed E-state index contributed by atoms with van der Waals surface area (Å²) in [5.41, 5.74) is 3.56. The van der Waals surface area contributed by atoms with Crippen LogP contribution >= 0.6 is 0 Å². The lowest BCUT2D eigenvalue weighted by molar-refractivity contribution is -0.138. The molecule has 0 spiro atoms. The van der Waals surface area contributed by atoms with Crippen molar-refractivity contribution >= 4 is 11.9 Å². The fourth-order valence-electron chi connectivity index (χ4n) is 4.20. The molecule has 178 valence electrons. The SMILES string of the molecule is CCC(C)c1ccccc1OC1CCN(c2ncc(-c3cncc(C(C)C(=O)O)c3)cn2)CC1. The van der Waals surface area contributed by atoms with E-state index in [4.69, 9.17) is 4.74 Å². The van der Waals surface area contributed by atoms with E-state index in [0.717, 1.165) is 49.2 Å². The number of hydrogen-bond acceptors (Lipinski definition) is 6. The smallest absolute Gasteiger partial charge is 0.310 e.